The van der Waals surface area contributed by atoms with Gasteiger partial charge in [-0.1, -0.05) is 23.7 Å². The summed E-state index contributed by atoms with van der Waals surface area (Å²) in [5.74, 6) is -0.165. The Hall–Kier alpha value is -0.840. The summed E-state index contributed by atoms with van der Waals surface area (Å²) in [5.41, 5.74) is 0.481. The van der Waals surface area contributed by atoms with Gasteiger partial charge in [0.05, 0.1) is 16.6 Å². The first-order chi connectivity index (χ1) is 8.59. The van der Waals surface area contributed by atoms with E-state index >= 15 is 0 Å². The topological polar surface area (TPSA) is 29.1 Å². The molecular weight excluding hydrogens is 334 g/mol. The predicted molar refractivity (Wildman–Crippen MR) is 79.4 cm³/mol. The normalized spacial score (nSPS) is 12.2. The monoisotopic (exact) mass is 343 g/mol. The quantitative estimate of drug-likeness (QED) is 0.862. The zero-order valence-corrected chi connectivity index (χ0v) is 12.8. The predicted octanol–water partition coefficient (Wildman–Crippen LogP) is 4.66. The fourth-order valence-electron chi connectivity index (χ4n) is 1.56. The van der Waals surface area contributed by atoms with Crippen LogP contribution < -0.4 is 5.32 Å². The molecule has 5 heteroatoms. The standard InChI is InChI=1S/C13H11BrClNOS/c1-8(11-6-3-7-18-11)16-13(17)9-4-2-5-10(14)12(9)15/h2-8H,1H3,(H,16,17). The molecule has 0 aliphatic carbocycles. The average Bonchev–Trinajstić information content (AvgIpc) is 2.86. The molecule has 1 unspecified atom stereocenters. The molecule has 1 aromatic carbocycles. The first kappa shape index (κ1) is 13.6. The lowest BCUT2D eigenvalue weighted by Crippen LogP contribution is -2.26. The van der Waals surface area contributed by atoms with Gasteiger partial charge in [0.25, 0.3) is 5.91 Å². The molecule has 2 rings (SSSR count). The van der Waals surface area contributed by atoms with Gasteiger partial charge in [-0.05, 0) is 46.4 Å². The van der Waals surface area contributed by atoms with E-state index in [2.05, 4.69) is 21.2 Å². The molecule has 1 amide bonds. The highest BCUT2D eigenvalue weighted by atomic mass is 79.9. The lowest BCUT2D eigenvalue weighted by molar-refractivity contribution is 0.0940. The van der Waals surface area contributed by atoms with Crippen molar-refractivity contribution in [3.63, 3.8) is 0 Å². The minimum Gasteiger partial charge on any atom is -0.345 e. The summed E-state index contributed by atoms with van der Waals surface area (Å²) in [5, 5.41) is 5.36. The van der Waals surface area contributed by atoms with E-state index in [9.17, 15) is 4.79 Å². The average molecular weight is 345 g/mol. The smallest absolute Gasteiger partial charge is 0.253 e. The van der Waals surface area contributed by atoms with Gasteiger partial charge in [0.2, 0.25) is 0 Å². The van der Waals surface area contributed by atoms with Crippen molar-refractivity contribution < 1.29 is 4.79 Å². The first-order valence-electron chi connectivity index (χ1n) is 5.38. The van der Waals surface area contributed by atoms with Crippen LogP contribution in [0.1, 0.15) is 28.2 Å². The summed E-state index contributed by atoms with van der Waals surface area (Å²) in [6.07, 6.45) is 0. The van der Waals surface area contributed by atoms with E-state index in [0.29, 0.717) is 10.6 Å². The molecule has 0 saturated carbocycles. The molecule has 1 heterocycles. The number of benzene rings is 1. The highest BCUT2D eigenvalue weighted by Gasteiger charge is 2.15. The molecule has 18 heavy (non-hydrogen) atoms. The van der Waals surface area contributed by atoms with Crippen molar-refractivity contribution in [2.75, 3.05) is 0 Å². The van der Waals surface area contributed by atoms with Crippen molar-refractivity contribution >= 4 is 44.8 Å². The highest BCUT2D eigenvalue weighted by Crippen LogP contribution is 2.26. The third-order valence-corrected chi connectivity index (χ3v) is 4.87. The molecule has 0 radical (unpaired) electrons. The summed E-state index contributed by atoms with van der Waals surface area (Å²) in [6.45, 7) is 1.95. The molecule has 1 atom stereocenters. The van der Waals surface area contributed by atoms with Crippen LogP contribution in [0.3, 0.4) is 0 Å². The van der Waals surface area contributed by atoms with Gasteiger partial charge in [-0.15, -0.1) is 11.3 Å². The largest absolute Gasteiger partial charge is 0.345 e. The Kier molecular flexibility index (Phi) is 4.43. The summed E-state index contributed by atoms with van der Waals surface area (Å²) in [7, 11) is 0. The fourth-order valence-corrected chi connectivity index (χ4v) is 2.87. The fraction of sp³-hybridized carbons (Fsp3) is 0.154. The SMILES string of the molecule is CC(NC(=O)c1cccc(Br)c1Cl)c1cccs1. The van der Waals surface area contributed by atoms with E-state index in [1.54, 1.807) is 23.5 Å². The Morgan fingerprint density at radius 1 is 1.39 bits per heavy atom. The number of carbonyl (C=O) groups excluding carboxylic acids is 1. The third kappa shape index (κ3) is 2.94. The number of thiophene rings is 1. The molecule has 0 aliphatic heterocycles. The van der Waals surface area contributed by atoms with E-state index in [0.717, 1.165) is 9.35 Å². The maximum atomic E-state index is 12.1. The van der Waals surface area contributed by atoms with E-state index in [1.807, 2.05) is 30.5 Å². The molecule has 94 valence electrons. The number of carbonyl (C=O) groups is 1. The van der Waals surface area contributed by atoms with Gasteiger partial charge < -0.3 is 5.32 Å². The number of rotatable bonds is 3. The highest BCUT2D eigenvalue weighted by molar-refractivity contribution is 9.10. The second kappa shape index (κ2) is 5.87. The van der Waals surface area contributed by atoms with Gasteiger partial charge in [-0.2, -0.15) is 0 Å². The van der Waals surface area contributed by atoms with Crippen molar-refractivity contribution in [2.45, 2.75) is 13.0 Å². The van der Waals surface area contributed by atoms with Gasteiger partial charge in [0, 0.05) is 9.35 Å². The molecule has 1 N–H and O–H groups in total. The summed E-state index contributed by atoms with van der Waals surface area (Å²) in [4.78, 5) is 13.2. The Morgan fingerprint density at radius 2 is 2.17 bits per heavy atom. The molecule has 0 bridgehead atoms. The number of nitrogens with one attached hydrogen (secondary N) is 1. The van der Waals surface area contributed by atoms with Crippen LogP contribution >= 0.6 is 38.9 Å². The van der Waals surface area contributed by atoms with Crippen molar-refractivity contribution in [1.82, 2.24) is 5.32 Å². The maximum Gasteiger partial charge on any atom is 0.253 e. The zero-order chi connectivity index (χ0) is 13.1. The Morgan fingerprint density at radius 3 is 2.83 bits per heavy atom. The van der Waals surface area contributed by atoms with E-state index in [4.69, 9.17) is 11.6 Å². The zero-order valence-electron chi connectivity index (χ0n) is 9.61. The lowest BCUT2D eigenvalue weighted by Gasteiger charge is -2.13. The van der Waals surface area contributed by atoms with Gasteiger partial charge in [0.15, 0.2) is 0 Å². The number of hydrogen-bond donors (Lipinski definition) is 1. The lowest BCUT2D eigenvalue weighted by atomic mass is 10.2. The van der Waals surface area contributed by atoms with Crippen LogP contribution in [0.5, 0.6) is 0 Å². The van der Waals surface area contributed by atoms with E-state index in [-0.39, 0.29) is 11.9 Å². The molecule has 2 nitrogen and oxygen atoms in total. The van der Waals surface area contributed by atoms with Crippen LogP contribution in [0.25, 0.3) is 0 Å². The van der Waals surface area contributed by atoms with Crippen LogP contribution in [0, 0.1) is 0 Å². The van der Waals surface area contributed by atoms with E-state index < -0.39 is 0 Å². The third-order valence-electron chi connectivity index (χ3n) is 2.51. The summed E-state index contributed by atoms with van der Waals surface area (Å²) in [6, 6.07) is 9.26. The molecule has 0 aliphatic rings. The molecule has 0 fully saturated rings. The Balaban J connectivity index is 2.15. The molecule has 2 aromatic rings. The van der Waals surface area contributed by atoms with Crippen LogP contribution in [0.15, 0.2) is 40.2 Å². The van der Waals surface area contributed by atoms with Crippen molar-refractivity contribution in [3.8, 4) is 0 Å². The van der Waals surface area contributed by atoms with Crippen LogP contribution in [-0.2, 0) is 0 Å². The van der Waals surface area contributed by atoms with Gasteiger partial charge in [-0.25, -0.2) is 0 Å². The van der Waals surface area contributed by atoms with Crippen molar-refractivity contribution in [2.24, 2.45) is 0 Å². The maximum absolute atomic E-state index is 12.1. The Labute approximate surface area is 123 Å². The van der Waals surface area contributed by atoms with Crippen LogP contribution in [0.4, 0.5) is 0 Å². The van der Waals surface area contributed by atoms with E-state index in [1.165, 1.54) is 0 Å². The van der Waals surface area contributed by atoms with Crippen LogP contribution in [0.2, 0.25) is 5.02 Å². The second-order valence-corrected chi connectivity index (χ2v) is 6.02. The van der Waals surface area contributed by atoms with Crippen molar-refractivity contribution in [3.05, 3.63) is 55.6 Å². The number of halogens is 2. The summed E-state index contributed by atoms with van der Waals surface area (Å²) >= 11 is 11.0. The van der Waals surface area contributed by atoms with Crippen LogP contribution in [-0.4, -0.2) is 5.91 Å². The van der Waals surface area contributed by atoms with Crippen molar-refractivity contribution in [1.29, 1.82) is 0 Å². The molecular formula is C13H11BrClNOS. The van der Waals surface area contributed by atoms with Gasteiger partial charge in [0.1, 0.15) is 0 Å². The molecule has 1 aromatic heterocycles. The number of amides is 1. The second-order valence-electron chi connectivity index (χ2n) is 3.81. The Bertz CT molecular complexity index is 556. The minimum absolute atomic E-state index is 0.0208. The van der Waals surface area contributed by atoms with Gasteiger partial charge in [-0.3, -0.25) is 4.79 Å². The molecule has 0 saturated heterocycles. The summed E-state index contributed by atoms with van der Waals surface area (Å²) < 4.78 is 0.723. The minimum atomic E-state index is -0.165. The molecule has 0 spiro atoms. The number of hydrogen-bond acceptors (Lipinski definition) is 2. The van der Waals surface area contributed by atoms with Gasteiger partial charge >= 0.3 is 0 Å². The first-order valence-corrected chi connectivity index (χ1v) is 7.43.